The third kappa shape index (κ3) is 9.04. The summed E-state index contributed by atoms with van der Waals surface area (Å²) >= 11 is 3.09. The molecule has 0 aromatic rings. The molecule has 1 N–H and O–H groups in total. The average molecular weight is 131 g/mol. The summed E-state index contributed by atoms with van der Waals surface area (Å²) in [6.45, 7) is 0. The van der Waals surface area contributed by atoms with Gasteiger partial charge in [0.15, 0.2) is 0 Å². The van der Waals surface area contributed by atoms with Gasteiger partial charge in [0.05, 0.1) is 0 Å². The molecule has 0 unspecified atom stereocenters. The molecule has 0 aromatic carbocycles. The molecule has 0 rings (SSSR count). The van der Waals surface area contributed by atoms with Crippen molar-refractivity contribution in [3.8, 4) is 0 Å². The number of carboxylic acid groups (broad SMARTS) is 1. The van der Waals surface area contributed by atoms with E-state index in [4.69, 9.17) is 5.11 Å². The van der Waals surface area contributed by atoms with Crippen molar-refractivity contribution in [1.29, 1.82) is 0 Å². The van der Waals surface area contributed by atoms with E-state index in [2.05, 4.69) is 16.0 Å². The van der Waals surface area contributed by atoms with E-state index >= 15 is 0 Å². The van der Waals surface area contributed by atoms with Crippen molar-refractivity contribution in [2.75, 3.05) is 0 Å². The van der Waals surface area contributed by atoms with Gasteiger partial charge in [-0.3, -0.25) is 0 Å². The van der Waals surface area contributed by atoms with Gasteiger partial charge < -0.3 is 5.48 Å². The van der Waals surface area contributed by atoms with Crippen molar-refractivity contribution in [3.63, 3.8) is 0 Å². The first-order valence-electron chi connectivity index (χ1n) is 1.03. The normalized spacial score (nSPS) is 6.00. The Kier molecular flexibility index (Phi) is 7.71. The van der Waals surface area contributed by atoms with E-state index in [1.165, 1.54) is 0 Å². The summed E-state index contributed by atoms with van der Waals surface area (Å²) in [7, 11) is 0. The van der Waals surface area contributed by atoms with Gasteiger partial charge in [-0.2, -0.15) is 0 Å². The molecule has 0 fully saturated rings. The van der Waals surface area contributed by atoms with Crippen LogP contribution in [0.2, 0.25) is 5.32 Å². The molecule has 0 aliphatic heterocycles. The van der Waals surface area contributed by atoms with Crippen LogP contribution in [0.15, 0.2) is 0 Å². The zero-order chi connectivity index (χ0) is 4.28. The van der Waals surface area contributed by atoms with Crippen molar-refractivity contribution < 1.29 is 31.4 Å². The summed E-state index contributed by atoms with van der Waals surface area (Å²) in [5, 5.41) is 7.63. The van der Waals surface area contributed by atoms with Gasteiger partial charge in [0.2, 0.25) is 0 Å². The summed E-state index contributed by atoms with van der Waals surface area (Å²) < 4.78 is 0. The van der Waals surface area contributed by atoms with E-state index in [1.807, 2.05) is 0 Å². The SMILES string of the molecule is O=C(O)[CH2][Fe+2].[O-2]. The minimum atomic E-state index is -0.856. The predicted octanol–water partition coefficient (Wildman–Crippen LogP) is -0.0827. The van der Waals surface area contributed by atoms with Crippen molar-refractivity contribution in [1.82, 2.24) is 0 Å². The molecule has 0 atom stereocenters. The van der Waals surface area contributed by atoms with Gasteiger partial charge >= 0.3 is 37.2 Å². The molecule has 37 valence electrons. The molecular weight excluding hydrogens is 128 g/mol. The summed E-state index contributed by atoms with van der Waals surface area (Å²) in [5.41, 5.74) is 0. The zero-order valence-corrected chi connectivity index (χ0v) is 3.93. The van der Waals surface area contributed by atoms with Crippen LogP contribution in [-0.2, 0) is 26.3 Å². The average Bonchev–Trinajstić information content (AvgIpc) is 1.38. The molecular formula is C2H3FeO3. The number of hydrogen-bond acceptors (Lipinski definition) is 1. The molecule has 0 aliphatic carbocycles. The Bertz CT molecular complexity index is 44.1. The van der Waals surface area contributed by atoms with Crippen molar-refractivity contribution in [2.45, 2.75) is 5.32 Å². The van der Waals surface area contributed by atoms with Crippen LogP contribution in [0.3, 0.4) is 0 Å². The van der Waals surface area contributed by atoms with Gasteiger partial charge in [-0.15, -0.1) is 0 Å². The molecule has 0 amide bonds. The first-order chi connectivity index (χ1) is 2.27. The first kappa shape index (κ1) is 9.34. The van der Waals surface area contributed by atoms with Crippen molar-refractivity contribution in [3.05, 3.63) is 0 Å². The predicted molar refractivity (Wildman–Crippen MR) is 13.1 cm³/mol. The molecule has 0 aliphatic rings. The molecule has 0 spiro atoms. The van der Waals surface area contributed by atoms with Gasteiger partial charge in [-0.25, -0.2) is 0 Å². The second-order valence-corrected chi connectivity index (χ2v) is 0.909. The second-order valence-electron chi connectivity index (χ2n) is 0.519. The summed E-state index contributed by atoms with van der Waals surface area (Å²) in [5.74, 6) is -0.856. The molecule has 0 saturated heterocycles. The molecule has 6 heavy (non-hydrogen) atoms. The Morgan fingerprint density at radius 3 is 2.00 bits per heavy atom. The van der Waals surface area contributed by atoms with Crippen LogP contribution in [0.25, 0.3) is 0 Å². The van der Waals surface area contributed by atoms with Crippen molar-refractivity contribution >= 4 is 5.97 Å². The summed E-state index contributed by atoms with van der Waals surface area (Å²) in [6.07, 6.45) is 0. The van der Waals surface area contributed by atoms with E-state index in [0.29, 0.717) is 0 Å². The largest absolute Gasteiger partial charge is 2.00 e. The van der Waals surface area contributed by atoms with Crippen molar-refractivity contribution in [2.24, 2.45) is 0 Å². The minimum Gasteiger partial charge on any atom is -2.00 e. The quantitative estimate of drug-likeness (QED) is 0.505. The van der Waals surface area contributed by atoms with E-state index in [9.17, 15) is 4.79 Å². The molecule has 3 nitrogen and oxygen atoms in total. The van der Waals surface area contributed by atoms with Crippen LogP contribution in [0, 0.1) is 0 Å². The minimum absolute atomic E-state index is 0. The molecule has 0 heterocycles. The first-order valence-corrected chi connectivity index (χ1v) is 1.81. The smallest absolute Gasteiger partial charge is 2.00 e. The fourth-order valence-electron chi connectivity index (χ4n) is 0. The zero-order valence-electron chi connectivity index (χ0n) is 2.82. The Balaban J connectivity index is 0. The number of hydrogen-bond donors (Lipinski definition) is 1. The van der Waals surface area contributed by atoms with Gasteiger partial charge in [-0.05, 0) is 0 Å². The second kappa shape index (κ2) is 4.95. The number of rotatable bonds is 1. The van der Waals surface area contributed by atoms with Gasteiger partial charge in [0, 0.05) is 0 Å². The van der Waals surface area contributed by atoms with E-state index in [0.717, 1.165) is 0 Å². The number of aliphatic carboxylic acids is 1. The fraction of sp³-hybridized carbons (Fsp3) is 0.500. The summed E-state index contributed by atoms with van der Waals surface area (Å²) in [4.78, 5) is 9.31. The Labute approximate surface area is 43.5 Å². The van der Waals surface area contributed by atoms with Gasteiger partial charge in [-0.1, -0.05) is 0 Å². The maximum Gasteiger partial charge on any atom is -2.00 e. The molecule has 4 heteroatoms. The summed E-state index contributed by atoms with van der Waals surface area (Å²) in [6, 6.07) is 0. The molecule has 0 radical (unpaired) electrons. The standard InChI is InChI=1S/C2H3O2.Fe.O/c1-2(3)4;;/h1H2,(H,3,4);;/q;+2;-2. The Hall–Kier alpha value is -0.0505. The van der Waals surface area contributed by atoms with E-state index in [1.54, 1.807) is 0 Å². The third-order valence-electron chi connectivity index (χ3n) is 0.107. The van der Waals surface area contributed by atoms with Gasteiger partial charge in [0.25, 0.3) is 0 Å². The fourth-order valence-corrected chi connectivity index (χ4v) is 0. The molecule has 0 bridgehead atoms. The number of carboxylic acids is 1. The van der Waals surface area contributed by atoms with Crippen LogP contribution in [0.4, 0.5) is 0 Å². The van der Waals surface area contributed by atoms with Crippen LogP contribution in [0.5, 0.6) is 0 Å². The van der Waals surface area contributed by atoms with E-state index in [-0.39, 0.29) is 10.8 Å². The van der Waals surface area contributed by atoms with Crippen LogP contribution >= 0.6 is 0 Å². The maximum absolute atomic E-state index is 9.31. The van der Waals surface area contributed by atoms with Gasteiger partial charge in [0.1, 0.15) is 0 Å². The maximum atomic E-state index is 9.31. The third-order valence-corrected chi connectivity index (χ3v) is 0.441. The van der Waals surface area contributed by atoms with Crippen LogP contribution in [0.1, 0.15) is 0 Å². The Morgan fingerprint density at radius 1 is 1.83 bits per heavy atom. The number of carbonyl (C=O) groups is 1. The van der Waals surface area contributed by atoms with Crippen LogP contribution < -0.4 is 0 Å². The molecule has 0 aromatic heterocycles. The monoisotopic (exact) mass is 131 g/mol. The Morgan fingerprint density at radius 2 is 2.00 bits per heavy atom. The topological polar surface area (TPSA) is 65.8 Å². The van der Waals surface area contributed by atoms with Crippen LogP contribution in [-0.4, -0.2) is 11.1 Å². The van der Waals surface area contributed by atoms with E-state index < -0.39 is 5.97 Å². The molecule has 0 saturated carbocycles.